The maximum Gasteiger partial charge on any atom is 0.124 e. The Kier molecular flexibility index (Phi) is 4.03. The Morgan fingerprint density at radius 3 is 3.15 bits per heavy atom. The zero-order valence-electron chi connectivity index (χ0n) is 12.0. The van der Waals surface area contributed by atoms with Crippen molar-refractivity contribution in [3.05, 3.63) is 34.8 Å². The summed E-state index contributed by atoms with van der Waals surface area (Å²) in [6, 6.07) is 8.65. The molecule has 1 aliphatic rings. The first-order valence-corrected chi connectivity index (χ1v) is 8.01. The normalized spacial score (nSPS) is 17.8. The van der Waals surface area contributed by atoms with Crippen molar-refractivity contribution in [3.63, 3.8) is 0 Å². The molecule has 1 atom stereocenters. The van der Waals surface area contributed by atoms with E-state index >= 15 is 0 Å². The fraction of sp³-hybridized carbons (Fsp3) is 0.438. The largest absolute Gasteiger partial charge is 0.497 e. The fourth-order valence-corrected chi connectivity index (χ4v) is 3.96. The smallest absolute Gasteiger partial charge is 0.124 e. The van der Waals surface area contributed by atoms with Gasteiger partial charge in [-0.25, -0.2) is 4.98 Å². The van der Waals surface area contributed by atoms with Crippen LogP contribution in [0.2, 0.25) is 0 Å². The first-order chi connectivity index (χ1) is 9.81. The summed E-state index contributed by atoms with van der Waals surface area (Å²) in [6.07, 6.45) is 3.56. The quantitative estimate of drug-likeness (QED) is 0.929. The molecule has 1 N–H and O–H groups in total. The number of nitrogens with one attached hydrogen (secondary N) is 1. The molecule has 0 fully saturated rings. The molecule has 1 aromatic heterocycles. The van der Waals surface area contributed by atoms with E-state index in [9.17, 15) is 0 Å². The highest BCUT2D eigenvalue weighted by atomic mass is 32.1. The van der Waals surface area contributed by atoms with Gasteiger partial charge in [0.15, 0.2) is 0 Å². The van der Waals surface area contributed by atoms with Crippen molar-refractivity contribution in [3.8, 4) is 16.3 Å². The minimum absolute atomic E-state index is 0.487. The summed E-state index contributed by atoms with van der Waals surface area (Å²) in [6.45, 7) is 3.18. The van der Waals surface area contributed by atoms with Crippen LogP contribution in [0, 0.1) is 0 Å². The Morgan fingerprint density at radius 2 is 2.35 bits per heavy atom. The van der Waals surface area contributed by atoms with Crippen molar-refractivity contribution in [1.82, 2.24) is 10.3 Å². The van der Waals surface area contributed by atoms with Gasteiger partial charge in [-0.1, -0.05) is 19.1 Å². The van der Waals surface area contributed by atoms with Gasteiger partial charge in [-0.15, -0.1) is 11.3 Å². The Hall–Kier alpha value is -1.39. The van der Waals surface area contributed by atoms with Crippen molar-refractivity contribution >= 4 is 11.3 Å². The molecule has 1 unspecified atom stereocenters. The molecule has 0 saturated carbocycles. The van der Waals surface area contributed by atoms with Crippen LogP contribution in [0.5, 0.6) is 5.75 Å². The third-order valence-electron chi connectivity index (χ3n) is 3.72. The van der Waals surface area contributed by atoms with Crippen LogP contribution in [0.25, 0.3) is 10.6 Å². The molecule has 0 saturated heterocycles. The number of nitrogens with zero attached hydrogens (tertiary/aromatic N) is 1. The van der Waals surface area contributed by atoms with Crippen molar-refractivity contribution in [2.24, 2.45) is 0 Å². The van der Waals surface area contributed by atoms with Gasteiger partial charge >= 0.3 is 0 Å². The highest BCUT2D eigenvalue weighted by Crippen LogP contribution is 2.38. The number of fused-ring (bicyclic) bond motifs is 1. The Labute approximate surface area is 124 Å². The van der Waals surface area contributed by atoms with Gasteiger partial charge in [0, 0.05) is 16.5 Å². The van der Waals surface area contributed by atoms with Gasteiger partial charge in [0.25, 0.3) is 0 Å². The Balaban J connectivity index is 1.95. The van der Waals surface area contributed by atoms with Gasteiger partial charge in [-0.05, 0) is 37.9 Å². The SMILES string of the molecule is CCNC1CCCc2nc(-c3cccc(OC)c3)sc21. The molecule has 0 aliphatic heterocycles. The van der Waals surface area contributed by atoms with Gasteiger partial charge in [0.2, 0.25) is 0 Å². The number of rotatable bonds is 4. The standard InChI is InChI=1S/C16H20N2OS/c1-3-17-13-8-5-9-14-15(13)20-16(18-14)11-6-4-7-12(10-11)19-2/h4,6-7,10,13,17H,3,5,8-9H2,1-2H3. The highest BCUT2D eigenvalue weighted by molar-refractivity contribution is 7.15. The van der Waals surface area contributed by atoms with E-state index in [2.05, 4.69) is 24.4 Å². The van der Waals surface area contributed by atoms with E-state index in [1.165, 1.54) is 23.4 Å². The molecule has 0 spiro atoms. The third kappa shape index (κ3) is 2.58. The second kappa shape index (κ2) is 5.94. The summed E-state index contributed by atoms with van der Waals surface area (Å²) in [5.74, 6) is 0.888. The molecule has 4 heteroatoms. The summed E-state index contributed by atoms with van der Waals surface area (Å²) in [7, 11) is 1.70. The zero-order valence-corrected chi connectivity index (χ0v) is 12.8. The molecule has 1 aliphatic carbocycles. The van der Waals surface area contributed by atoms with E-state index < -0.39 is 0 Å². The molecule has 0 amide bonds. The lowest BCUT2D eigenvalue weighted by molar-refractivity contribution is 0.415. The van der Waals surface area contributed by atoms with Crippen LogP contribution >= 0.6 is 11.3 Å². The number of hydrogen-bond donors (Lipinski definition) is 1. The lowest BCUT2D eigenvalue weighted by Gasteiger charge is -2.21. The van der Waals surface area contributed by atoms with Crippen LogP contribution in [0.15, 0.2) is 24.3 Å². The zero-order chi connectivity index (χ0) is 13.9. The first-order valence-electron chi connectivity index (χ1n) is 7.19. The molecular formula is C16H20N2OS. The summed E-state index contributed by atoms with van der Waals surface area (Å²) >= 11 is 1.83. The van der Waals surface area contributed by atoms with Crippen LogP contribution in [0.3, 0.4) is 0 Å². The van der Waals surface area contributed by atoms with Crippen LogP contribution in [-0.2, 0) is 6.42 Å². The lowest BCUT2D eigenvalue weighted by atomic mass is 9.98. The molecule has 20 heavy (non-hydrogen) atoms. The van der Waals surface area contributed by atoms with Gasteiger partial charge in [0.05, 0.1) is 12.8 Å². The van der Waals surface area contributed by atoms with E-state index in [1.807, 2.05) is 23.5 Å². The van der Waals surface area contributed by atoms with E-state index in [4.69, 9.17) is 9.72 Å². The first kappa shape index (κ1) is 13.6. The molecule has 2 aromatic rings. The summed E-state index contributed by atoms with van der Waals surface area (Å²) in [5, 5.41) is 4.68. The van der Waals surface area contributed by atoms with Crippen molar-refractivity contribution < 1.29 is 4.74 Å². The maximum absolute atomic E-state index is 5.30. The van der Waals surface area contributed by atoms with Crippen LogP contribution in [-0.4, -0.2) is 18.6 Å². The number of hydrogen-bond acceptors (Lipinski definition) is 4. The highest BCUT2D eigenvalue weighted by Gasteiger charge is 2.24. The van der Waals surface area contributed by atoms with Gasteiger partial charge in [0.1, 0.15) is 10.8 Å². The molecule has 1 aromatic carbocycles. The second-order valence-corrected chi connectivity index (χ2v) is 6.10. The van der Waals surface area contributed by atoms with Crippen molar-refractivity contribution in [2.45, 2.75) is 32.2 Å². The third-order valence-corrected chi connectivity index (χ3v) is 4.98. The fourth-order valence-electron chi connectivity index (χ4n) is 2.74. The average molecular weight is 288 g/mol. The van der Waals surface area contributed by atoms with Gasteiger partial charge < -0.3 is 10.1 Å². The summed E-state index contributed by atoms with van der Waals surface area (Å²) in [4.78, 5) is 6.28. The molecule has 0 radical (unpaired) electrons. The molecule has 0 bridgehead atoms. The predicted molar refractivity (Wildman–Crippen MR) is 83.5 cm³/mol. The topological polar surface area (TPSA) is 34.2 Å². The minimum Gasteiger partial charge on any atom is -0.497 e. The average Bonchev–Trinajstić information content (AvgIpc) is 2.93. The number of thiazole rings is 1. The van der Waals surface area contributed by atoms with E-state index in [0.29, 0.717) is 6.04 Å². The van der Waals surface area contributed by atoms with E-state index in [-0.39, 0.29) is 0 Å². The number of methoxy groups -OCH3 is 1. The summed E-state index contributed by atoms with van der Waals surface area (Å²) < 4.78 is 5.30. The second-order valence-electron chi connectivity index (χ2n) is 5.06. The van der Waals surface area contributed by atoms with E-state index in [0.717, 1.165) is 29.3 Å². The number of ether oxygens (including phenoxy) is 1. The molecule has 106 valence electrons. The minimum atomic E-state index is 0.487. The molecule has 3 nitrogen and oxygen atoms in total. The number of aromatic nitrogens is 1. The van der Waals surface area contributed by atoms with Gasteiger partial charge in [-0.2, -0.15) is 0 Å². The van der Waals surface area contributed by atoms with Crippen LogP contribution < -0.4 is 10.1 Å². The monoisotopic (exact) mass is 288 g/mol. The van der Waals surface area contributed by atoms with Gasteiger partial charge in [-0.3, -0.25) is 0 Å². The lowest BCUT2D eigenvalue weighted by Crippen LogP contribution is -2.23. The Bertz CT molecular complexity index is 594. The van der Waals surface area contributed by atoms with Crippen molar-refractivity contribution in [1.29, 1.82) is 0 Å². The van der Waals surface area contributed by atoms with Crippen LogP contribution in [0.1, 0.15) is 36.4 Å². The van der Waals surface area contributed by atoms with E-state index in [1.54, 1.807) is 7.11 Å². The maximum atomic E-state index is 5.30. The predicted octanol–water partition coefficient (Wildman–Crippen LogP) is 3.81. The molecule has 1 heterocycles. The van der Waals surface area contributed by atoms with Crippen LogP contribution in [0.4, 0.5) is 0 Å². The molecule has 3 rings (SSSR count). The summed E-state index contributed by atoms with van der Waals surface area (Å²) in [5.41, 5.74) is 2.43. The number of benzene rings is 1. The van der Waals surface area contributed by atoms with Crippen molar-refractivity contribution in [2.75, 3.05) is 13.7 Å². The Morgan fingerprint density at radius 1 is 1.45 bits per heavy atom. The molecular weight excluding hydrogens is 268 g/mol. The number of aryl methyl sites for hydroxylation is 1.